The van der Waals surface area contributed by atoms with Crippen molar-refractivity contribution in [1.29, 1.82) is 0 Å². The molecule has 1 aromatic carbocycles. The number of likely N-dealkylation sites (N-methyl/N-ethyl adjacent to an activating group) is 1. The van der Waals surface area contributed by atoms with Crippen molar-refractivity contribution in [2.24, 2.45) is 0 Å². The molecule has 0 atom stereocenters. The number of aromatic nitrogens is 3. The molecular formula is C23H30FN5O. The van der Waals surface area contributed by atoms with Crippen LogP contribution < -0.4 is 5.32 Å². The van der Waals surface area contributed by atoms with Crippen LogP contribution in [-0.2, 0) is 6.42 Å². The van der Waals surface area contributed by atoms with E-state index in [1.54, 1.807) is 0 Å². The Bertz CT molecular complexity index is 963. The molecule has 0 aliphatic heterocycles. The van der Waals surface area contributed by atoms with E-state index < -0.39 is 5.95 Å². The second-order valence-electron chi connectivity index (χ2n) is 6.67. The molecule has 0 aliphatic rings. The smallest absolute Gasteiger partial charge is 0.271 e. The van der Waals surface area contributed by atoms with E-state index in [2.05, 4.69) is 32.1 Å². The minimum atomic E-state index is -0.459. The highest BCUT2D eigenvalue weighted by molar-refractivity contribution is 5.93. The van der Waals surface area contributed by atoms with Crippen LogP contribution in [0.2, 0.25) is 0 Å². The molecule has 30 heavy (non-hydrogen) atoms. The first-order valence-corrected chi connectivity index (χ1v) is 10.4. The van der Waals surface area contributed by atoms with Crippen LogP contribution >= 0.6 is 0 Å². The number of hydrogen-bond donors (Lipinski definition) is 1. The fourth-order valence-corrected chi connectivity index (χ4v) is 2.96. The van der Waals surface area contributed by atoms with Gasteiger partial charge in [0.2, 0.25) is 5.95 Å². The van der Waals surface area contributed by atoms with E-state index in [0.717, 1.165) is 36.2 Å². The van der Waals surface area contributed by atoms with Crippen molar-refractivity contribution in [3.63, 3.8) is 0 Å². The van der Waals surface area contributed by atoms with Gasteiger partial charge in [0.15, 0.2) is 0 Å². The van der Waals surface area contributed by atoms with E-state index in [1.165, 1.54) is 18.5 Å². The summed E-state index contributed by atoms with van der Waals surface area (Å²) < 4.78 is 13.2. The molecule has 1 amide bonds. The van der Waals surface area contributed by atoms with Crippen molar-refractivity contribution >= 4 is 16.9 Å². The Morgan fingerprint density at radius 1 is 1.10 bits per heavy atom. The maximum Gasteiger partial charge on any atom is 0.271 e. The third-order valence-electron chi connectivity index (χ3n) is 4.60. The lowest BCUT2D eigenvalue weighted by atomic mass is 10.2. The van der Waals surface area contributed by atoms with Crippen LogP contribution in [0, 0.1) is 12.9 Å². The Labute approximate surface area is 177 Å². The second kappa shape index (κ2) is 11.9. The third kappa shape index (κ3) is 6.84. The van der Waals surface area contributed by atoms with Gasteiger partial charge in [0.25, 0.3) is 5.91 Å². The molecular weight excluding hydrogens is 381 g/mol. The van der Waals surface area contributed by atoms with Crippen LogP contribution in [0.1, 0.15) is 42.4 Å². The normalized spacial score (nSPS) is 10.6. The standard InChI is InChI=1S/C21H24FN5O.C2H6/c1-3-27(10-7-16-6-8-23-20(22)13-16)11-9-24-21(28)19-14-25-18-12-15(2)4-5-17(18)26-19;1-2/h4-6,8,12-14H,3,7,9-11H2,1-2H3,(H,24,28);1-2H3. The molecule has 2 heterocycles. The van der Waals surface area contributed by atoms with Crippen LogP contribution in [0.15, 0.2) is 42.7 Å². The molecule has 0 unspecified atom stereocenters. The fraction of sp³-hybridized carbons (Fsp3) is 0.391. The number of aryl methyl sites for hydroxylation is 1. The van der Waals surface area contributed by atoms with Gasteiger partial charge >= 0.3 is 0 Å². The third-order valence-corrected chi connectivity index (χ3v) is 4.60. The van der Waals surface area contributed by atoms with Crippen LogP contribution in [0.3, 0.4) is 0 Å². The van der Waals surface area contributed by atoms with Gasteiger partial charge in [-0.15, -0.1) is 0 Å². The number of carbonyl (C=O) groups excluding carboxylic acids is 1. The maximum absolute atomic E-state index is 13.2. The van der Waals surface area contributed by atoms with Crippen molar-refractivity contribution in [3.8, 4) is 0 Å². The highest BCUT2D eigenvalue weighted by Crippen LogP contribution is 2.11. The highest BCUT2D eigenvalue weighted by Gasteiger charge is 2.10. The maximum atomic E-state index is 13.2. The lowest BCUT2D eigenvalue weighted by Crippen LogP contribution is -2.36. The summed E-state index contributed by atoms with van der Waals surface area (Å²) in [5, 5.41) is 2.89. The zero-order valence-electron chi connectivity index (χ0n) is 18.2. The Hall–Kier alpha value is -2.93. The number of benzene rings is 1. The van der Waals surface area contributed by atoms with Gasteiger partial charge in [-0.05, 0) is 55.3 Å². The molecule has 0 radical (unpaired) electrons. The SMILES string of the molecule is CC.CCN(CCNC(=O)c1cnc2cc(C)ccc2n1)CCc1ccnc(F)c1. The molecule has 0 saturated heterocycles. The molecule has 1 N–H and O–H groups in total. The van der Waals surface area contributed by atoms with Crippen LogP contribution in [0.4, 0.5) is 4.39 Å². The Kier molecular flexibility index (Phi) is 9.28. The van der Waals surface area contributed by atoms with Gasteiger partial charge in [0.05, 0.1) is 17.2 Å². The number of carbonyl (C=O) groups is 1. The van der Waals surface area contributed by atoms with Crippen LogP contribution in [-0.4, -0.2) is 51.9 Å². The van der Waals surface area contributed by atoms with Gasteiger partial charge < -0.3 is 10.2 Å². The van der Waals surface area contributed by atoms with Crippen molar-refractivity contribution in [2.45, 2.75) is 34.1 Å². The zero-order valence-corrected chi connectivity index (χ0v) is 18.2. The molecule has 2 aromatic heterocycles. The first-order chi connectivity index (χ1) is 14.5. The monoisotopic (exact) mass is 411 g/mol. The molecule has 0 spiro atoms. The number of fused-ring (bicyclic) bond motifs is 1. The fourth-order valence-electron chi connectivity index (χ4n) is 2.96. The summed E-state index contributed by atoms with van der Waals surface area (Å²) in [7, 11) is 0. The van der Waals surface area contributed by atoms with Gasteiger partial charge in [-0.3, -0.25) is 9.78 Å². The number of halogens is 1. The number of pyridine rings is 1. The predicted octanol–water partition coefficient (Wildman–Crippen LogP) is 3.79. The van der Waals surface area contributed by atoms with Gasteiger partial charge in [-0.1, -0.05) is 26.8 Å². The van der Waals surface area contributed by atoms with Crippen molar-refractivity contribution < 1.29 is 9.18 Å². The van der Waals surface area contributed by atoms with Gasteiger partial charge in [-0.2, -0.15) is 4.39 Å². The van der Waals surface area contributed by atoms with E-state index in [-0.39, 0.29) is 5.91 Å². The van der Waals surface area contributed by atoms with Gasteiger partial charge in [-0.25, -0.2) is 9.97 Å². The topological polar surface area (TPSA) is 71.0 Å². The van der Waals surface area contributed by atoms with Crippen molar-refractivity contribution in [3.05, 3.63) is 65.5 Å². The van der Waals surface area contributed by atoms with E-state index in [4.69, 9.17) is 0 Å². The Balaban J connectivity index is 0.00000155. The number of nitrogens with one attached hydrogen (secondary N) is 1. The number of hydrogen-bond acceptors (Lipinski definition) is 5. The second-order valence-corrected chi connectivity index (χ2v) is 6.67. The average Bonchev–Trinajstić information content (AvgIpc) is 2.77. The summed E-state index contributed by atoms with van der Waals surface area (Å²) in [5.41, 5.74) is 3.82. The molecule has 0 bridgehead atoms. The summed E-state index contributed by atoms with van der Waals surface area (Å²) in [4.78, 5) is 26.8. The lowest BCUT2D eigenvalue weighted by molar-refractivity contribution is 0.0943. The zero-order chi connectivity index (χ0) is 21.9. The highest BCUT2D eigenvalue weighted by atomic mass is 19.1. The minimum Gasteiger partial charge on any atom is -0.349 e. The molecule has 3 aromatic rings. The van der Waals surface area contributed by atoms with E-state index in [1.807, 2.05) is 45.0 Å². The lowest BCUT2D eigenvalue weighted by Gasteiger charge is -2.20. The summed E-state index contributed by atoms with van der Waals surface area (Å²) in [6, 6.07) is 9.04. The summed E-state index contributed by atoms with van der Waals surface area (Å²) in [6.07, 6.45) is 3.72. The molecule has 0 fully saturated rings. The number of amides is 1. The average molecular weight is 412 g/mol. The molecule has 0 aliphatic carbocycles. The summed E-state index contributed by atoms with van der Waals surface area (Å²) in [5.74, 6) is -0.693. The number of rotatable bonds is 8. The minimum absolute atomic E-state index is 0.234. The van der Waals surface area contributed by atoms with Gasteiger partial charge in [0, 0.05) is 25.8 Å². The number of nitrogens with zero attached hydrogens (tertiary/aromatic N) is 4. The first-order valence-electron chi connectivity index (χ1n) is 10.4. The predicted molar refractivity (Wildman–Crippen MR) is 118 cm³/mol. The van der Waals surface area contributed by atoms with E-state index in [9.17, 15) is 9.18 Å². The van der Waals surface area contributed by atoms with E-state index >= 15 is 0 Å². The quantitative estimate of drug-likeness (QED) is 0.571. The molecule has 3 rings (SSSR count). The Morgan fingerprint density at radius 3 is 2.63 bits per heavy atom. The molecule has 160 valence electrons. The first kappa shape index (κ1) is 23.3. The molecule has 0 saturated carbocycles. The Morgan fingerprint density at radius 2 is 1.90 bits per heavy atom. The van der Waals surface area contributed by atoms with Crippen molar-refractivity contribution in [2.75, 3.05) is 26.2 Å². The molecule has 6 nitrogen and oxygen atoms in total. The van der Waals surface area contributed by atoms with Crippen molar-refractivity contribution in [1.82, 2.24) is 25.2 Å². The van der Waals surface area contributed by atoms with E-state index in [0.29, 0.717) is 24.3 Å². The summed E-state index contributed by atoms with van der Waals surface area (Å²) >= 11 is 0. The largest absolute Gasteiger partial charge is 0.349 e. The van der Waals surface area contributed by atoms with Crippen LogP contribution in [0.25, 0.3) is 11.0 Å². The molecule has 7 heteroatoms. The summed E-state index contributed by atoms with van der Waals surface area (Å²) in [6.45, 7) is 10.9. The van der Waals surface area contributed by atoms with Crippen LogP contribution in [0.5, 0.6) is 0 Å². The van der Waals surface area contributed by atoms with Gasteiger partial charge in [0.1, 0.15) is 5.69 Å².